The van der Waals surface area contributed by atoms with E-state index in [2.05, 4.69) is 19.9 Å². The standard InChI is InChI=1S/C8H9N3O2/c1-2-13-8(12)11-10-7-5-3-4-6-9-7/h3-6H,2H2,1H3/b11-10-. The summed E-state index contributed by atoms with van der Waals surface area (Å²) in [7, 11) is 0. The van der Waals surface area contributed by atoms with E-state index in [0.29, 0.717) is 12.4 Å². The van der Waals surface area contributed by atoms with Gasteiger partial charge < -0.3 is 4.74 Å². The van der Waals surface area contributed by atoms with Gasteiger partial charge in [0.25, 0.3) is 0 Å². The fourth-order valence-electron chi connectivity index (χ4n) is 0.657. The molecule has 0 spiro atoms. The molecule has 0 radical (unpaired) electrons. The summed E-state index contributed by atoms with van der Waals surface area (Å²) in [5, 5.41) is 6.85. The Morgan fingerprint density at radius 1 is 1.62 bits per heavy atom. The summed E-state index contributed by atoms with van der Waals surface area (Å²) in [5.41, 5.74) is 0. The first kappa shape index (κ1) is 9.31. The van der Waals surface area contributed by atoms with Crippen LogP contribution in [0.15, 0.2) is 34.6 Å². The molecule has 1 aromatic rings. The van der Waals surface area contributed by atoms with Gasteiger partial charge in [-0.15, -0.1) is 5.11 Å². The molecular weight excluding hydrogens is 170 g/mol. The molecule has 1 heterocycles. The Morgan fingerprint density at radius 3 is 3.08 bits per heavy atom. The van der Waals surface area contributed by atoms with Crippen molar-refractivity contribution in [2.45, 2.75) is 6.92 Å². The Bertz CT molecular complexity index is 298. The highest BCUT2D eigenvalue weighted by Gasteiger charge is 1.96. The van der Waals surface area contributed by atoms with Gasteiger partial charge in [-0.25, -0.2) is 9.78 Å². The van der Waals surface area contributed by atoms with E-state index in [-0.39, 0.29) is 0 Å². The van der Waals surface area contributed by atoms with Crippen LogP contribution in [0.25, 0.3) is 0 Å². The molecule has 0 aliphatic heterocycles. The highest BCUT2D eigenvalue weighted by atomic mass is 16.5. The van der Waals surface area contributed by atoms with Gasteiger partial charge in [0, 0.05) is 6.20 Å². The summed E-state index contributed by atoms with van der Waals surface area (Å²) in [4.78, 5) is 14.5. The zero-order chi connectivity index (χ0) is 9.52. The minimum atomic E-state index is -0.701. The number of pyridine rings is 1. The molecule has 1 aromatic heterocycles. The third-order valence-electron chi connectivity index (χ3n) is 1.15. The zero-order valence-electron chi connectivity index (χ0n) is 7.17. The van der Waals surface area contributed by atoms with Crippen LogP contribution in [0.3, 0.4) is 0 Å². The molecule has 5 nitrogen and oxygen atoms in total. The lowest BCUT2D eigenvalue weighted by Gasteiger charge is -1.92. The van der Waals surface area contributed by atoms with Crippen LogP contribution in [-0.2, 0) is 4.74 Å². The Kier molecular flexibility index (Phi) is 3.56. The maximum absolute atomic E-state index is 10.7. The molecule has 0 aliphatic carbocycles. The first-order valence-corrected chi connectivity index (χ1v) is 3.82. The predicted octanol–water partition coefficient (Wildman–Crippen LogP) is 2.32. The summed E-state index contributed by atoms with van der Waals surface area (Å²) < 4.78 is 4.54. The topological polar surface area (TPSA) is 63.9 Å². The number of hydrogen-bond acceptors (Lipinski definition) is 4. The van der Waals surface area contributed by atoms with Gasteiger partial charge in [-0.1, -0.05) is 11.2 Å². The van der Waals surface area contributed by atoms with Gasteiger partial charge in [-0.05, 0) is 19.1 Å². The molecule has 1 amide bonds. The fraction of sp³-hybridized carbons (Fsp3) is 0.250. The van der Waals surface area contributed by atoms with Crippen molar-refractivity contribution in [2.24, 2.45) is 10.2 Å². The number of carbonyl (C=O) groups excluding carboxylic acids is 1. The van der Waals surface area contributed by atoms with Crippen molar-refractivity contribution >= 4 is 11.9 Å². The molecule has 0 bridgehead atoms. The number of ether oxygens (including phenoxy) is 1. The van der Waals surface area contributed by atoms with E-state index >= 15 is 0 Å². The quantitative estimate of drug-likeness (QED) is 0.654. The van der Waals surface area contributed by atoms with Crippen molar-refractivity contribution in [3.8, 4) is 0 Å². The van der Waals surface area contributed by atoms with E-state index in [1.807, 2.05) is 0 Å². The van der Waals surface area contributed by atoms with Crippen LogP contribution < -0.4 is 0 Å². The molecule has 0 fully saturated rings. The SMILES string of the molecule is CCOC(=O)/N=N\c1ccccn1. The van der Waals surface area contributed by atoms with Crippen LogP contribution in [0.1, 0.15) is 6.92 Å². The number of aromatic nitrogens is 1. The van der Waals surface area contributed by atoms with Crippen molar-refractivity contribution in [1.29, 1.82) is 0 Å². The van der Waals surface area contributed by atoms with Crippen molar-refractivity contribution in [3.05, 3.63) is 24.4 Å². The normalized spacial score (nSPS) is 10.2. The minimum Gasteiger partial charge on any atom is -0.447 e. The third-order valence-corrected chi connectivity index (χ3v) is 1.15. The Balaban J connectivity index is 2.54. The Morgan fingerprint density at radius 2 is 2.46 bits per heavy atom. The molecule has 0 aromatic carbocycles. The van der Waals surface area contributed by atoms with Gasteiger partial charge >= 0.3 is 6.09 Å². The van der Waals surface area contributed by atoms with Crippen LogP contribution in [0.4, 0.5) is 10.6 Å². The molecule has 1 rings (SSSR count). The van der Waals surface area contributed by atoms with Crippen LogP contribution in [0, 0.1) is 0 Å². The summed E-state index contributed by atoms with van der Waals surface area (Å²) in [6.45, 7) is 1.99. The van der Waals surface area contributed by atoms with Gasteiger partial charge in [-0.3, -0.25) is 0 Å². The van der Waals surface area contributed by atoms with E-state index in [9.17, 15) is 4.79 Å². The minimum absolute atomic E-state index is 0.292. The van der Waals surface area contributed by atoms with Gasteiger partial charge in [0.05, 0.1) is 6.61 Å². The predicted molar refractivity (Wildman–Crippen MR) is 45.8 cm³/mol. The number of hydrogen-bond donors (Lipinski definition) is 0. The summed E-state index contributed by atoms with van der Waals surface area (Å²) in [6.07, 6.45) is 0.868. The summed E-state index contributed by atoms with van der Waals surface area (Å²) >= 11 is 0. The molecule has 0 atom stereocenters. The van der Waals surface area contributed by atoms with E-state index in [0.717, 1.165) is 0 Å². The fourth-order valence-corrected chi connectivity index (χ4v) is 0.657. The average Bonchev–Trinajstić information content (AvgIpc) is 2.17. The van der Waals surface area contributed by atoms with Crippen LogP contribution in [0.2, 0.25) is 0 Å². The highest BCUT2D eigenvalue weighted by molar-refractivity contribution is 5.67. The molecule has 68 valence electrons. The van der Waals surface area contributed by atoms with Crippen molar-refractivity contribution in [2.75, 3.05) is 6.61 Å². The lowest BCUT2D eigenvalue weighted by molar-refractivity contribution is 0.162. The molecule has 5 heteroatoms. The molecular formula is C8H9N3O2. The lowest BCUT2D eigenvalue weighted by atomic mass is 10.5. The maximum atomic E-state index is 10.7. The van der Waals surface area contributed by atoms with Crippen molar-refractivity contribution in [1.82, 2.24) is 4.98 Å². The van der Waals surface area contributed by atoms with Crippen LogP contribution in [0.5, 0.6) is 0 Å². The first-order valence-electron chi connectivity index (χ1n) is 3.82. The number of azo groups is 1. The van der Waals surface area contributed by atoms with Crippen molar-refractivity contribution < 1.29 is 9.53 Å². The largest absolute Gasteiger partial charge is 0.452 e. The Hall–Kier alpha value is -1.78. The highest BCUT2D eigenvalue weighted by Crippen LogP contribution is 2.05. The average molecular weight is 179 g/mol. The Labute approximate surface area is 75.5 Å². The second-order valence-corrected chi connectivity index (χ2v) is 2.09. The number of amides is 1. The van der Waals surface area contributed by atoms with Gasteiger partial charge in [0.1, 0.15) is 0 Å². The molecule has 13 heavy (non-hydrogen) atoms. The van der Waals surface area contributed by atoms with Gasteiger partial charge in [-0.2, -0.15) is 0 Å². The third kappa shape index (κ3) is 3.42. The van der Waals surface area contributed by atoms with E-state index in [1.54, 1.807) is 31.3 Å². The second-order valence-electron chi connectivity index (χ2n) is 2.09. The number of nitrogens with zero attached hydrogens (tertiary/aromatic N) is 3. The lowest BCUT2D eigenvalue weighted by Crippen LogP contribution is -1.95. The van der Waals surface area contributed by atoms with Crippen LogP contribution in [-0.4, -0.2) is 17.7 Å². The monoisotopic (exact) mass is 179 g/mol. The summed E-state index contributed by atoms with van der Waals surface area (Å²) in [6, 6.07) is 5.15. The molecule has 0 aliphatic rings. The maximum Gasteiger partial charge on any atom is 0.452 e. The summed E-state index contributed by atoms with van der Waals surface area (Å²) in [5.74, 6) is 0.385. The second kappa shape index (κ2) is 4.97. The number of carbonyl (C=O) groups is 1. The van der Waals surface area contributed by atoms with Crippen LogP contribution >= 0.6 is 0 Å². The first-order chi connectivity index (χ1) is 6.33. The molecule has 0 N–H and O–H groups in total. The van der Waals surface area contributed by atoms with Gasteiger partial charge in [0.2, 0.25) is 0 Å². The number of rotatable bonds is 2. The molecule has 0 saturated carbocycles. The van der Waals surface area contributed by atoms with E-state index in [1.165, 1.54) is 0 Å². The zero-order valence-corrected chi connectivity index (χ0v) is 7.17. The van der Waals surface area contributed by atoms with Gasteiger partial charge in [0.15, 0.2) is 5.82 Å². The van der Waals surface area contributed by atoms with E-state index in [4.69, 9.17) is 0 Å². The smallest absolute Gasteiger partial charge is 0.447 e. The van der Waals surface area contributed by atoms with Crippen molar-refractivity contribution in [3.63, 3.8) is 0 Å². The molecule has 0 unspecified atom stereocenters. The molecule has 0 saturated heterocycles. The van der Waals surface area contributed by atoms with E-state index < -0.39 is 6.09 Å².